The van der Waals surface area contributed by atoms with Gasteiger partial charge in [-0.05, 0) is 53.8 Å². The van der Waals surface area contributed by atoms with Crippen molar-refractivity contribution in [2.24, 2.45) is 0 Å². The third-order valence-electron chi connectivity index (χ3n) is 5.46. The maximum atomic E-state index is 9.27. The molecule has 0 unspecified atom stereocenters. The monoisotopic (exact) mass is 419 g/mol. The molecule has 0 radical (unpaired) electrons. The largest absolute Gasteiger partial charge is 0.493 e. The Bertz CT molecular complexity index is 1050. The number of ether oxygens (including phenoxy) is 4. The standard InChI is InChI=1S/C24H25N3O4/c1-28-21-6-5-16(10-22(21)29-2)9-20-19-12-24(31-4)23(30-3)11-18(19)7-8-27(20)15-17(13-25)14-26/h5-6,10-12,15,20H,7-9H2,1-4H3/t20-/m1/s1. The van der Waals surface area contributed by atoms with Gasteiger partial charge >= 0.3 is 0 Å². The molecule has 0 spiro atoms. The van der Waals surface area contributed by atoms with Crippen LogP contribution in [0.15, 0.2) is 42.1 Å². The van der Waals surface area contributed by atoms with Crippen molar-refractivity contribution < 1.29 is 18.9 Å². The van der Waals surface area contributed by atoms with E-state index in [4.69, 9.17) is 18.9 Å². The third kappa shape index (κ3) is 4.51. The van der Waals surface area contributed by atoms with Crippen LogP contribution in [0.3, 0.4) is 0 Å². The van der Waals surface area contributed by atoms with Gasteiger partial charge in [0.05, 0.1) is 34.5 Å². The zero-order chi connectivity index (χ0) is 22.4. The van der Waals surface area contributed by atoms with E-state index in [-0.39, 0.29) is 11.6 Å². The molecule has 0 saturated heterocycles. The molecule has 1 aliphatic rings. The first-order chi connectivity index (χ1) is 15.1. The first-order valence-electron chi connectivity index (χ1n) is 9.81. The SMILES string of the molecule is COc1ccc(C[C@@H]2c3cc(OC)c(OC)cc3CCN2C=C(C#N)C#N)cc1OC. The minimum Gasteiger partial charge on any atom is -0.493 e. The van der Waals surface area contributed by atoms with Gasteiger partial charge in [-0.25, -0.2) is 0 Å². The van der Waals surface area contributed by atoms with Gasteiger partial charge in [-0.15, -0.1) is 0 Å². The molecule has 7 nitrogen and oxygen atoms in total. The molecule has 0 fully saturated rings. The second kappa shape index (κ2) is 9.77. The van der Waals surface area contributed by atoms with Crippen LogP contribution in [0, 0.1) is 22.7 Å². The lowest BCUT2D eigenvalue weighted by Crippen LogP contribution is -2.33. The molecule has 160 valence electrons. The molecule has 0 saturated carbocycles. The van der Waals surface area contributed by atoms with Gasteiger partial charge < -0.3 is 23.8 Å². The molecule has 7 heteroatoms. The number of benzene rings is 2. The van der Waals surface area contributed by atoms with E-state index in [2.05, 4.69) is 0 Å². The molecule has 0 amide bonds. The van der Waals surface area contributed by atoms with E-state index < -0.39 is 0 Å². The van der Waals surface area contributed by atoms with Gasteiger partial charge in [0.1, 0.15) is 17.7 Å². The second-order valence-corrected chi connectivity index (χ2v) is 7.07. The van der Waals surface area contributed by atoms with Crippen LogP contribution in [0.2, 0.25) is 0 Å². The van der Waals surface area contributed by atoms with E-state index >= 15 is 0 Å². The van der Waals surface area contributed by atoms with Crippen molar-refractivity contribution in [3.63, 3.8) is 0 Å². The molecule has 3 rings (SSSR count). The van der Waals surface area contributed by atoms with Gasteiger partial charge in [-0.2, -0.15) is 10.5 Å². The van der Waals surface area contributed by atoms with Crippen LogP contribution in [0.25, 0.3) is 0 Å². The van der Waals surface area contributed by atoms with Crippen molar-refractivity contribution in [2.45, 2.75) is 18.9 Å². The Kier molecular flexibility index (Phi) is 6.89. The van der Waals surface area contributed by atoms with E-state index in [0.29, 0.717) is 36.0 Å². The van der Waals surface area contributed by atoms with E-state index in [1.54, 1.807) is 34.6 Å². The molecule has 1 aliphatic heterocycles. The van der Waals surface area contributed by atoms with Crippen LogP contribution in [-0.4, -0.2) is 39.9 Å². The minimum atomic E-state index is -0.0987. The van der Waals surface area contributed by atoms with Crippen LogP contribution >= 0.6 is 0 Å². The Labute approximate surface area is 182 Å². The summed E-state index contributed by atoms with van der Waals surface area (Å²) in [5.41, 5.74) is 3.34. The maximum absolute atomic E-state index is 9.27. The molecule has 0 aliphatic carbocycles. The number of nitriles is 2. The Morgan fingerprint density at radius 3 is 2.16 bits per heavy atom. The molecule has 0 bridgehead atoms. The first kappa shape index (κ1) is 21.9. The van der Waals surface area contributed by atoms with E-state index in [0.717, 1.165) is 23.1 Å². The van der Waals surface area contributed by atoms with E-state index in [1.807, 2.05) is 47.4 Å². The molecular weight excluding hydrogens is 394 g/mol. The third-order valence-corrected chi connectivity index (χ3v) is 5.46. The quantitative estimate of drug-likeness (QED) is 0.631. The number of nitrogens with zero attached hydrogens (tertiary/aromatic N) is 3. The van der Waals surface area contributed by atoms with Crippen molar-refractivity contribution in [3.05, 3.63) is 58.8 Å². The minimum absolute atomic E-state index is 0.0706. The van der Waals surface area contributed by atoms with Crippen LogP contribution < -0.4 is 18.9 Å². The fourth-order valence-corrected chi connectivity index (χ4v) is 3.91. The zero-order valence-electron chi connectivity index (χ0n) is 18.1. The Hall–Kier alpha value is -3.84. The summed E-state index contributed by atoms with van der Waals surface area (Å²) in [4.78, 5) is 2.05. The normalized spacial score (nSPS) is 14.5. The molecular formula is C24H25N3O4. The van der Waals surface area contributed by atoms with Gasteiger partial charge in [-0.3, -0.25) is 0 Å². The summed E-state index contributed by atoms with van der Waals surface area (Å²) in [6.07, 6.45) is 3.05. The highest BCUT2D eigenvalue weighted by molar-refractivity contribution is 5.51. The zero-order valence-corrected chi connectivity index (χ0v) is 18.1. The summed E-state index contributed by atoms with van der Waals surface area (Å²) >= 11 is 0. The van der Waals surface area contributed by atoms with Gasteiger partial charge in [0.25, 0.3) is 0 Å². The number of hydrogen-bond donors (Lipinski definition) is 0. The first-order valence-corrected chi connectivity index (χ1v) is 9.81. The van der Waals surface area contributed by atoms with Crippen molar-refractivity contribution in [1.29, 1.82) is 10.5 Å². The topological polar surface area (TPSA) is 87.7 Å². The fraction of sp³-hybridized carbons (Fsp3) is 0.333. The number of rotatable bonds is 7. The Morgan fingerprint density at radius 1 is 0.935 bits per heavy atom. The summed E-state index contributed by atoms with van der Waals surface area (Å²) in [6, 6.07) is 13.6. The number of fused-ring (bicyclic) bond motifs is 1. The molecule has 0 aromatic heterocycles. The Morgan fingerprint density at radius 2 is 1.55 bits per heavy atom. The van der Waals surface area contributed by atoms with Crippen molar-refractivity contribution in [3.8, 4) is 35.1 Å². The summed E-state index contributed by atoms with van der Waals surface area (Å²) in [7, 11) is 6.44. The number of methoxy groups -OCH3 is 4. The highest BCUT2D eigenvalue weighted by atomic mass is 16.5. The summed E-state index contributed by atoms with van der Waals surface area (Å²) < 4.78 is 21.8. The molecule has 2 aromatic carbocycles. The number of allylic oxidation sites excluding steroid dienone is 1. The average molecular weight is 419 g/mol. The van der Waals surface area contributed by atoms with Gasteiger partial charge in [-0.1, -0.05) is 6.07 Å². The van der Waals surface area contributed by atoms with Crippen LogP contribution in [0.1, 0.15) is 22.7 Å². The highest BCUT2D eigenvalue weighted by Crippen LogP contribution is 2.40. The van der Waals surface area contributed by atoms with Gasteiger partial charge in [0, 0.05) is 12.7 Å². The molecule has 1 heterocycles. The van der Waals surface area contributed by atoms with Crippen LogP contribution in [0.5, 0.6) is 23.0 Å². The van der Waals surface area contributed by atoms with Gasteiger partial charge in [0.15, 0.2) is 23.0 Å². The summed E-state index contributed by atoms with van der Waals surface area (Å²) in [5, 5.41) is 18.5. The molecule has 31 heavy (non-hydrogen) atoms. The lowest BCUT2D eigenvalue weighted by Gasteiger charge is -2.37. The second-order valence-electron chi connectivity index (χ2n) is 7.07. The van der Waals surface area contributed by atoms with Gasteiger partial charge in [0.2, 0.25) is 0 Å². The molecule has 1 atom stereocenters. The Balaban J connectivity index is 2.09. The summed E-state index contributed by atoms with van der Waals surface area (Å²) in [6.45, 7) is 0.674. The smallest absolute Gasteiger partial charge is 0.161 e. The summed E-state index contributed by atoms with van der Waals surface area (Å²) in [5.74, 6) is 2.64. The van der Waals surface area contributed by atoms with Crippen molar-refractivity contribution in [2.75, 3.05) is 35.0 Å². The average Bonchev–Trinajstić information content (AvgIpc) is 2.82. The predicted octanol–water partition coefficient (Wildman–Crippen LogP) is 3.79. The number of hydrogen-bond acceptors (Lipinski definition) is 7. The lowest BCUT2D eigenvalue weighted by atomic mass is 9.88. The van der Waals surface area contributed by atoms with Crippen LogP contribution in [0.4, 0.5) is 0 Å². The lowest BCUT2D eigenvalue weighted by molar-refractivity contribution is 0.259. The maximum Gasteiger partial charge on any atom is 0.161 e. The fourth-order valence-electron chi connectivity index (χ4n) is 3.91. The van der Waals surface area contributed by atoms with Crippen LogP contribution in [-0.2, 0) is 12.8 Å². The molecule has 0 N–H and O–H groups in total. The predicted molar refractivity (Wildman–Crippen MR) is 115 cm³/mol. The van der Waals surface area contributed by atoms with E-state index in [1.165, 1.54) is 0 Å². The van der Waals surface area contributed by atoms with Crippen molar-refractivity contribution >= 4 is 0 Å². The highest BCUT2D eigenvalue weighted by Gasteiger charge is 2.28. The molecule has 2 aromatic rings. The van der Waals surface area contributed by atoms with E-state index in [9.17, 15) is 10.5 Å². The van der Waals surface area contributed by atoms with Crippen molar-refractivity contribution in [1.82, 2.24) is 4.90 Å².